The molecule has 1 atom stereocenters. The number of carbonyl (C=O) groups excluding carboxylic acids is 1. The van der Waals surface area contributed by atoms with Gasteiger partial charge in [0, 0.05) is 36.0 Å². The van der Waals surface area contributed by atoms with E-state index in [0.29, 0.717) is 12.2 Å². The van der Waals surface area contributed by atoms with E-state index in [2.05, 4.69) is 72.5 Å². The van der Waals surface area contributed by atoms with Crippen LogP contribution in [0.25, 0.3) is 0 Å². The van der Waals surface area contributed by atoms with Gasteiger partial charge in [0.05, 0.1) is 6.54 Å². The lowest BCUT2D eigenvalue weighted by atomic mass is 9.92. The molecule has 2 heterocycles. The molecule has 1 aliphatic heterocycles. The van der Waals surface area contributed by atoms with Gasteiger partial charge in [-0.05, 0) is 79.4 Å². The largest absolute Gasteiger partial charge is 0.308 e. The number of nitrogens with zero attached hydrogens (tertiary/aromatic N) is 3. The highest BCUT2D eigenvalue weighted by Gasteiger charge is 2.29. The number of amides is 1. The minimum Gasteiger partial charge on any atom is -0.308 e. The van der Waals surface area contributed by atoms with Gasteiger partial charge < -0.3 is 4.90 Å². The Balaban J connectivity index is 1.29. The lowest BCUT2D eigenvalue weighted by Crippen LogP contribution is -2.42. The van der Waals surface area contributed by atoms with Gasteiger partial charge in [-0.25, -0.2) is 4.39 Å². The molecule has 0 N–H and O–H groups in total. The van der Waals surface area contributed by atoms with Crippen LogP contribution in [0.1, 0.15) is 54.5 Å². The number of hydrogen-bond donors (Lipinski definition) is 0. The van der Waals surface area contributed by atoms with E-state index in [1.165, 1.54) is 23.3 Å². The maximum atomic E-state index is 13.9. The van der Waals surface area contributed by atoms with Crippen LogP contribution in [0.5, 0.6) is 0 Å². The molecule has 3 aromatic carbocycles. The van der Waals surface area contributed by atoms with Crippen LogP contribution < -0.4 is 4.90 Å². The Bertz CT molecular complexity index is 1320. The number of likely N-dealkylation sites (tertiary alicyclic amines) is 1. The number of hydrogen-bond acceptors (Lipinski definition) is 3. The van der Waals surface area contributed by atoms with E-state index in [0.717, 1.165) is 50.2 Å². The second-order valence-corrected chi connectivity index (χ2v) is 10.4. The fraction of sp³-hybridized carbons (Fsp3) is 0.294. The van der Waals surface area contributed by atoms with E-state index >= 15 is 0 Å². The van der Waals surface area contributed by atoms with Gasteiger partial charge in [0.25, 0.3) is 0 Å². The van der Waals surface area contributed by atoms with Gasteiger partial charge in [-0.3, -0.25) is 14.7 Å². The summed E-state index contributed by atoms with van der Waals surface area (Å²) in [6.07, 6.45) is 4.47. The summed E-state index contributed by atoms with van der Waals surface area (Å²) in [5, 5.41) is 0. The van der Waals surface area contributed by atoms with Crippen molar-refractivity contribution >= 4 is 11.6 Å². The van der Waals surface area contributed by atoms with Crippen molar-refractivity contribution in [1.29, 1.82) is 0 Å². The van der Waals surface area contributed by atoms with Gasteiger partial charge in [-0.1, -0.05) is 73.7 Å². The van der Waals surface area contributed by atoms with Crippen molar-refractivity contribution in [1.82, 2.24) is 9.88 Å². The van der Waals surface area contributed by atoms with E-state index in [-0.39, 0.29) is 23.6 Å². The molecule has 0 spiro atoms. The van der Waals surface area contributed by atoms with Crippen molar-refractivity contribution in [2.24, 2.45) is 5.92 Å². The molecule has 1 aromatic heterocycles. The van der Waals surface area contributed by atoms with Crippen molar-refractivity contribution in [3.05, 3.63) is 131 Å². The topological polar surface area (TPSA) is 36.4 Å². The number of carbonyl (C=O) groups is 1. The van der Waals surface area contributed by atoms with Crippen LogP contribution in [-0.4, -0.2) is 28.9 Å². The summed E-state index contributed by atoms with van der Waals surface area (Å²) in [5.41, 5.74) is 5.25. The number of piperidine rings is 1. The van der Waals surface area contributed by atoms with Crippen molar-refractivity contribution in [3.8, 4) is 0 Å². The zero-order chi connectivity index (χ0) is 27.0. The molecule has 4 nitrogen and oxygen atoms in total. The molecule has 0 radical (unpaired) electrons. The predicted octanol–water partition coefficient (Wildman–Crippen LogP) is 7.21. The maximum absolute atomic E-state index is 13.9. The molecule has 1 amide bonds. The highest BCUT2D eigenvalue weighted by Crippen LogP contribution is 2.28. The molecule has 39 heavy (non-hydrogen) atoms. The fourth-order valence-corrected chi connectivity index (χ4v) is 5.54. The zero-order valence-electron chi connectivity index (χ0n) is 22.5. The standard InChI is InChI=1S/C34H36FN3O/c1-2-32(28-11-7-4-8-12-28)33-18-13-27(23-36-33)25-38(31-16-14-30(35)15-17-31)34(39)29-19-21-37(22-20-29)24-26-9-5-3-6-10-26/h3-18,23,29,32H,2,19-22,24-25H2,1H3. The lowest BCUT2D eigenvalue weighted by molar-refractivity contribution is -0.124. The van der Waals surface area contributed by atoms with E-state index in [1.54, 1.807) is 12.1 Å². The summed E-state index contributed by atoms with van der Waals surface area (Å²) in [5.74, 6) is -0.0355. The summed E-state index contributed by atoms with van der Waals surface area (Å²) in [6.45, 7) is 5.26. The quantitative estimate of drug-likeness (QED) is 0.234. The summed E-state index contributed by atoms with van der Waals surface area (Å²) >= 11 is 0. The molecule has 0 aliphatic carbocycles. The average molecular weight is 522 g/mol. The molecule has 0 saturated carbocycles. The van der Waals surface area contributed by atoms with Gasteiger partial charge in [0.15, 0.2) is 0 Å². The average Bonchev–Trinajstić information content (AvgIpc) is 2.99. The first kappa shape index (κ1) is 26.8. The third-order valence-electron chi connectivity index (χ3n) is 7.75. The third-order valence-corrected chi connectivity index (χ3v) is 7.75. The van der Waals surface area contributed by atoms with Crippen LogP contribution in [0, 0.1) is 11.7 Å². The Hall–Kier alpha value is -3.83. The highest BCUT2D eigenvalue weighted by atomic mass is 19.1. The molecular weight excluding hydrogens is 485 g/mol. The zero-order valence-corrected chi connectivity index (χ0v) is 22.5. The Morgan fingerprint density at radius 2 is 1.56 bits per heavy atom. The predicted molar refractivity (Wildman–Crippen MR) is 155 cm³/mol. The van der Waals surface area contributed by atoms with Gasteiger partial charge in [-0.15, -0.1) is 0 Å². The van der Waals surface area contributed by atoms with Crippen LogP contribution in [0.4, 0.5) is 10.1 Å². The first-order valence-electron chi connectivity index (χ1n) is 13.9. The Morgan fingerprint density at radius 1 is 0.897 bits per heavy atom. The van der Waals surface area contributed by atoms with Crippen molar-refractivity contribution in [2.45, 2.75) is 45.2 Å². The monoisotopic (exact) mass is 521 g/mol. The molecule has 4 aromatic rings. The van der Waals surface area contributed by atoms with Crippen LogP contribution in [0.3, 0.4) is 0 Å². The van der Waals surface area contributed by atoms with E-state index in [4.69, 9.17) is 4.98 Å². The third kappa shape index (κ3) is 6.79. The van der Waals surface area contributed by atoms with Crippen molar-refractivity contribution < 1.29 is 9.18 Å². The highest BCUT2D eigenvalue weighted by molar-refractivity contribution is 5.95. The lowest BCUT2D eigenvalue weighted by Gasteiger charge is -2.34. The summed E-state index contributed by atoms with van der Waals surface area (Å²) in [6, 6.07) is 31.3. The smallest absolute Gasteiger partial charge is 0.230 e. The van der Waals surface area contributed by atoms with Crippen LogP contribution in [0.15, 0.2) is 103 Å². The van der Waals surface area contributed by atoms with Gasteiger partial charge in [0.1, 0.15) is 5.82 Å². The minimum absolute atomic E-state index is 0.0585. The molecule has 1 saturated heterocycles. The molecular formula is C34H36FN3O. The van der Waals surface area contributed by atoms with Gasteiger partial charge >= 0.3 is 0 Å². The van der Waals surface area contributed by atoms with Crippen LogP contribution in [0.2, 0.25) is 0 Å². The Kier molecular flexibility index (Phi) is 8.79. The summed E-state index contributed by atoms with van der Waals surface area (Å²) < 4.78 is 13.7. The van der Waals surface area contributed by atoms with E-state index < -0.39 is 0 Å². The maximum Gasteiger partial charge on any atom is 0.230 e. The normalized spacial score (nSPS) is 15.1. The molecule has 1 fully saturated rings. The Morgan fingerprint density at radius 3 is 2.18 bits per heavy atom. The molecule has 1 aliphatic rings. The number of anilines is 1. The number of pyridine rings is 1. The molecule has 200 valence electrons. The number of aromatic nitrogens is 1. The SMILES string of the molecule is CCC(c1ccccc1)c1ccc(CN(C(=O)C2CCN(Cc3ccccc3)CC2)c2ccc(F)cc2)cn1. The second kappa shape index (κ2) is 12.8. The molecule has 1 unspecified atom stereocenters. The van der Waals surface area contributed by atoms with Crippen LogP contribution >= 0.6 is 0 Å². The van der Waals surface area contributed by atoms with E-state index in [9.17, 15) is 9.18 Å². The first-order valence-corrected chi connectivity index (χ1v) is 13.9. The minimum atomic E-state index is -0.307. The molecule has 0 bridgehead atoms. The number of benzene rings is 3. The van der Waals surface area contributed by atoms with E-state index in [1.807, 2.05) is 23.2 Å². The number of halogens is 1. The number of rotatable bonds is 9. The van der Waals surface area contributed by atoms with Gasteiger partial charge in [-0.2, -0.15) is 0 Å². The second-order valence-electron chi connectivity index (χ2n) is 10.4. The van der Waals surface area contributed by atoms with Crippen molar-refractivity contribution in [2.75, 3.05) is 18.0 Å². The van der Waals surface area contributed by atoms with Crippen molar-refractivity contribution in [3.63, 3.8) is 0 Å². The molecule has 5 heteroatoms. The fourth-order valence-electron chi connectivity index (χ4n) is 5.54. The summed E-state index contributed by atoms with van der Waals surface area (Å²) in [7, 11) is 0. The molecule has 5 rings (SSSR count). The first-order chi connectivity index (χ1) is 19.1. The van der Waals surface area contributed by atoms with Crippen LogP contribution in [-0.2, 0) is 17.9 Å². The Labute approximate surface area is 231 Å². The summed E-state index contributed by atoms with van der Waals surface area (Å²) in [4.78, 5) is 22.9. The van der Waals surface area contributed by atoms with Gasteiger partial charge in [0.2, 0.25) is 5.91 Å².